The van der Waals surface area contributed by atoms with E-state index in [0.717, 1.165) is 0 Å². The molecule has 0 aliphatic carbocycles. The second kappa shape index (κ2) is 7.23. The van der Waals surface area contributed by atoms with Crippen molar-refractivity contribution in [1.29, 1.82) is 0 Å². The molecule has 0 unspecified atom stereocenters. The summed E-state index contributed by atoms with van der Waals surface area (Å²) in [5.74, 6) is 3.70. The highest BCUT2D eigenvalue weighted by atomic mass is 19.1. The average Bonchev–Trinajstić information content (AvgIpc) is 2.54. The van der Waals surface area contributed by atoms with Crippen molar-refractivity contribution < 1.29 is 18.7 Å². The molecular weight excluding hydrogens is 297 g/mol. The van der Waals surface area contributed by atoms with Crippen LogP contribution in [0.25, 0.3) is 0 Å². The number of halogens is 1. The Kier molecular flexibility index (Phi) is 5.11. The molecular formula is C18H14FNO3. The molecule has 5 heteroatoms. The van der Waals surface area contributed by atoms with Crippen molar-refractivity contribution in [1.82, 2.24) is 0 Å². The lowest BCUT2D eigenvalue weighted by molar-refractivity contribution is 0.0527. The maximum Gasteiger partial charge on any atom is 0.340 e. The molecule has 4 nitrogen and oxygen atoms in total. The van der Waals surface area contributed by atoms with Crippen LogP contribution in [0.1, 0.15) is 33.2 Å². The number of carbonyl (C=O) groups is 2. The van der Waals surface area contributed by atoms with Gasteiger partial charge in [0.15, 0.2) is 0 Å². The first-order chi connectivity index (χ1) is 11.0. The Bertz CT molecular complexity index is 801. The van der Waals surface area contributed by atoms with Gasteiger partial charge >= 0.3 is 5.97 Å². The van der Waals surface area contributed by atoms with Gasteiger partial charge in [-0.3, -0.25) is 4.79 Å². The smallest absolute Gasteiger partial charge is 0.340 e. The molecule has 0 aliphatic rings. The minimum absolute atomic E-state index is 0.202. The number of ether oxygens (including phenoxy) is 1. The molecule has 116 valence electrons. The Hall–Kier alpha value is -3.13. The molecule has 2 aromatic carbocycles. The van der Waals surface area contributed by atoms with Crippen molar-refractivity contribution >= 4 is 17.4 Å². The van der Waals surface area contributed by atoms with Crippen LogP contribution in [0, 0.1) is 17.7 Å². The monoisotopic (exact) mass is 311 g/mol. The minimum Gasteiger partial charge on any atom is -0.462 e. The number of Topliss-reactive ketones (excluding diaryl/α,β-unsaturated/α-hetero) is 1. The second-order valence-corrected chi connectivity index (χ2v) is 4.61. The first kappa shape index (κ1) is 16.2. The second-order valence-electron chi connectivity index (χ2n) is 4.61. The maximum atomic E-state index is 12.8. The van der Waals surface area contributed by atoms with Gasteiger partial charge in [0.25, 0.3) is 0 Å². The van der Waals surface area contributed by atoms with Crippen LogP contribution in [0.15, 0.2) is 42.5 Å². The number of hydrogen-bond donors (Lipinski definition) is 1. The van der Waals surface area contributed by atoms with Crippen LogP contribution in [0.4, 0.5) is 10.1 Å². The summed E-state index contributed by atoms with van der Waals surface area (Å²) in [7, 11) is 0. The molecule has 0 atom stereocenters. The van der Waals surface area contributed by atoms with Crippen LogP contribution >= 0.6 is 0 Å². The first-order valence-corrected chi connectivity index (χ1v) is 6.90. The predicted molar refractivity (Wildman–Crippen MR) is 84.4 cm³/mol. The zero-order chi connectivity index (χ0) is 16.8. The molecule has 2 rings (SSSR count). The van der Waals surface area contributed by atoms with Crippen LogP contribution in [0.2, 0.25) is 0 Å². The van der Waals surface area contributed by atoms with Gasteiger partial charge in [0.1, 0.15) is 5.82 Å². The zero-order valence-corrected chi connectivity index (χ0v) is 12.4. The van der Waals surface area contributed by atoms with Crippen LogP contribution in [-0.4, -0.2) is 18.4 Å². The number of carbonyl (C=O) groups excluding carboxylic acids is 2. The lowest BCUT2D eigenvalue weighted by Gasteiger charge is -2.05. The third-order valence-corrected chi connectivity index (χ3v) is 2.98. The quantitative estimate of drug-likeness (QED) is 0.409. The molecule has 0 saturated heterocycles. The highest BCUT2D eigenvalue weighted by Crippen LogP contribution is 2.15. The number of ketones is 1. The lowest BCUT2D eigenvalue weighted by atomic mass is 10.1. The summed E-state index contributed by atoms with van der Waals surface area (Å²) < 4.78 is 17.7. The lowest BCUT2D eigenvalue weighted by Crippen LogP contribution is -2.08. The van der Waals surface area contributed by atoms with Crippen molar-refractivity contribution in [3.8, 4) is 11.8 Å². The van der Waals surface area contributed by atoms with Crippen LogP contribution in [-0.2, 0) is 4.74 Å². The van der Waals surface area contributed by atoms with E-state index in [4.69, 9.17) is 10.5 Å². The summed E-state index contributed by atoms with van der Waals surface area (Å²) in [5, 5.41) is 0. The Morgan fingerprint density at radius 2 is 1.87 bits per heavy atom. The molecule has 0 bridgehead atoms. The molecule has 0 amide bonds. The van der Waals surface area contributed by atoms with E-state index in [1.165, 1.54) is 36.4 Å². The fraction of sp³-hybridized carbons (Fsp3) is 0.111. The predicted octanol–water partition coefficient (Wildman–Crippen LogP) is 2.82. The molecule has 0 aromatic heterocycles. The van der Waals surface area contributed by atoms with Gasteiger partial charge in [-0.05, 0) is 55.3 Å². The first-order valence-electron chi connectivity index (χ1n) is 6.90. The molecule has 0 heterocycles. The number of anilines is 1. The van der Waals surface area contributed by atoms with E-state index in [1.807, 2.05) is 0 Å². The average molecular weight is 311 g/mol. The minimum atomic E-state index is -0.543. The summed E-state index contributed by atoms with van der Waals surface area (Å²) in [4.78, 5) is 23.7. The van der Waals surface area contributed by atoms with E-state index in [2.05, 4.69) is 11.8 Å². The van der Waals surface area contributed by atoms with E-state index >= 15 is 0 Å². The van der Waals surface area contributed by atoms with Crippen molar-refractivity contribution in [2.75, 3.05) is 12.3 Å². The van der Waals surface area contributed by atoms with Gasteiger partial charge in [-0.1, -0.05) is 5.92 Å². The fourth-order valence-corrected chi connectivity index (χ4v) is 1.82. The molecule has 0 radical (unpaired) electrons. The Labute approximate surface area is 133 Å². The van der Waals surface area contributed by atoms with Crippen molar-refractivity contribution in [2.45, 2.75) is 6.92 Å². The molecule has 2 N–H and O–H groups in total. The molecule has 23 heavy (non-hydrogen) atoms. The molecule has 2 aromatic rings. The summed E-state index contributed by atoms with van der Waals surface area (Å²) in [5.41, 5.74) is 6.96. The highest BCUT2D eigenvalue weighted by molar-refractivity contribution is 6.09. The van der Waals surface area contributed by atoms with E-state index in [1.54, 1.807) is 13.0 Å². The molecule has 0 aliphatic heterocycles. The standard InChI is InChI=1S/C18H14FNO3/c1-2-23-18(22)15-11-12(3-9-16(15)20)4-10-17(21)13-5-7-14(19)8-6-13/h3,5-9,11H,2,20H2,1H3. The van der Waals surface area contributed by atoms with Gasteiger partial charge in [-0.25, -0.2) is 9.18 Å². The van der Waals surface area contributed by atoms with Crippen LogP contribution < -0.4 is 5.73 Å². The van der Waals surface area contributed by atoms with Gasteiger partial charge in [-0.2, -0.15) is 0 Å². The summed E-state index contributed by atoms with van der Waals surface area (Å²) >= 11 is 0. The number of nitrogen functional groups attached to an aromatic ring is 1. The number of hydrogen-bond acceptors (Lipinski definition) is 4. The van der Waals surface area contributed by atoms with Gasteiger partial charge in [0.2, 0.25) is 5.78 Å². The zero-order valence-electron chi connectivity index (χ0n) is 12.4. The van der Waals surface area contributed by atoms with E-state index < -0.39 is 17.6 Å². The highest BCUT2D eigenvalue weighted by Gasteiger charge is 2.11. The molecule has 0 saturated carbocycles. The third kappa shape index (κ3) is 4.17. The fourth-order valence-electron chi connectivity index (χ4n) is 1.82. The summed E-state index contributed by atoms with van der Waals surface area (Å²) in [6, 6.07) is 9.70. The number of benzene rings is 2. The number of nitrogens with two attached hydrogens (primary N) is 1. The largest absolute Gasteiger partial charge is 0.462 e. The topological polar surface area (TPSA) is 69.4 Å². The van der Waals surface area contributed by atoms with Gasteiger partial charge in [-0.15, -0.1) is 0 Å². The number of rotatable bonds is 3. The van der Waals surface area contributed by atoms with Crippen molar-refractivity contribution in [2.24, 2.45) is 0 Å². The summed E-state index contributed by atoms with van der Waals surface area (Å²) in [6.07, 6.45) is 0. The van der Waals surface area contributed by atoms with Gasteiger partial charge in [0.05, 0.1) is 12.2 Å². The van der Waals surface area contributed by atoms with Crippen LogP contribution in [0.3, 0.4) is 0 Å². The molecule has 0 spiro atoms. The normalized spacial score (nSPS) is 9.65. The van der Waals surface area contributed by atoms with Crippen molar-refractivity contribution in [3.05, 3.63) is 65.0 Å². The van der Waals surface area contributed by atoms with E-state index in [0.29, 0.717) is 11.1 Å². The maximum absolute atomic E-state index is 12.8. The van der Waals surface area contributed by atoms with E-state index in [-0.39, 0.29) is 17.9 Å². The van der Waals surface area contributed by atoms with Gasteiger partial charge < -0.3 is 10.5 Å². The SMILES string of the molecule is CCOC(=O)c1cc(C#CC(=O)c2ccc(F)cc2)ccc1N. The van der Waals surface area contributed by atoms with Gasteiger partial charge in [0, 0.05) is 16.8 Å². The number of esters is 1. The van der Waals surface area contributed by atoms with Crippen LogP contribution in [0.5, 0.6) is 0 Å². The van der Waals surface area contributed by atoms with E-state index in [9.17, 15) is 14.0 Å². The Morgan fingerprint density at radius 1 is 1.17 bits per heavy atom. The molecule has 0 fully saturated rings. The third-order valence-electron chi connectivity index (χ3n) is 2.98. The van der Waals surface area contributed by atoms with Crippen molar-refractivity contribution in [3.63, 3.8) is 0 Å². The summed E-state index contributed by atoms with van der Waals surface area (Å²) in [6.45, 7) is 1.93. The Morgan fingerprint density at radius 3 is 2.52 bits per heavy atom. The Balaban J connectivity index is 2.24.